The number of halogens is 3. The number of nitrogens with zero attached hydrogens (tertiary/aromatic N) is 3. The zero-order valence-corrected chi connectivity index (χ0v) is 11.0. The number of thioether (sulfide) groups is 1. The summed E-state index contributed by atoms with van der Waals surface area (Å²) in [6, 6.07) is 5.22. The van der Waals surface area contributed by atoms with Gasteiger partial charge in [-0.25, -0.2) is 0 Å². The summed E-state index contributed by atoms with van der Waals surface area (Å²) in [7, 11) is 0. The molecular formula is C11H12F3N3O2S. The van der Waals surface area contributed by atoms with E-state index in [2.05, 4.69) is 10.0 Å². The molecule has 0 radical (unpaired) electrons. The lowest BCUT2D eigenvalue weighted by Gasteiger charge is -2.18. The Morgan fingerprint density at radius 1 is 1.35 bits per heavy atom. The number of aliphatic hydroxyl groups excluding tert-OH is 2. The van der Waals surface area contributed by atoms with Crippen LogP contribution in [0.1, 0.15) is 18.1 Å². The normalized spacial score (nSPS) is 14.4. The maximum atomic E-state index is 12.2. The smallest absolute Gasteiger partial charge is 0.390 e. The van der Waals surface area contributed by atoms with Gasteiger partial charge in [0.25, 0.3) is 0 Å². The largest absolute Gasteiger partial charge is 0.446 e. The molecule has 20 heavy (non-hydrogen) atoms. The van der Waals surface area contributed by atoms with Gasteiger partial charge in [-0.2, -0.15) is 13.2 Å². The first-order valence-electron chi connectivity index (χ1n) is 5.56. The Hall–Kier alpha value is -1.41. The molecule has 9 heteroatoms. The monoisotopic (exact) mass is 307 g/mol. The highest BCUT2D eigenvalue weighted by Crippen LogP contribution is 2.37. The summed E-state index contributed by atoms with van der Waals surface area (Å²) in [6.45, 7) is -0.00822. The summed E-state index contributed by atoms with van der Waals surface area (Å²) >= 11 is -0.294. The van der Waals surface area contributed by atoms with Gasteiger partial charge in [-0.1, -0.05) is 17.2 Å². The predicted molar refractivity (Wildman–Crippen MR) is 68.0 cm³/mol. The maximum absolute atomic E-state index is 12.2. The van der Waals surface area contributed by atoms with Crippen LogP contribution in [0.3, 0.4) is 0 Å². The highest BCUT2D eigenvalue weighted by Gasteiger charge is 2.29. The van der Waals surface area contributed by atoms with Crippen LogP contribution in [0.2, 0.25) is 0 Å². The Labute approximate surface area is 117 Å². The molecule has 0 aliphatic heterocycles. The minimum Gasteiger partial charge on any atom is -0.390 e. The van der Waals surface area contributed by atoms with E-state index < -0.39 is 17.7 Å². The van der Waals surface area contributed by atoms with E-state index in [-0.39, 0.29) is 35.2 Å². The van der Waals surface area contributed by atoms with Gasteiger partial charge in [0.15, 0.2) is 0 Å². The molecule has 1 aromatic rings. The van der Waals surface area contributed by atoms with E-state index in [9.17, 15) is 23.4 Å². The van der Waals surface area contributed by atoms with Crippen LogP contribution < -0.4 is 0 Å². The zero-order valence-electron chi connectivity index (χ0n) is 10.2. The molecule has 0 saturated carbocycles. The Balaban J connectivity index is 2.75. The molecule has 0 saturated heterocycles. The van der Waals surface area contributed by atoms with Crippen LogP contribution in [0.5, 0.6) is 0 Å². The fraction of sp³-hybridized carbons (Fsp3) is 0.455. The molecule has 0 heterocycles. The molecule has 0 fully saturated rings. The van der Waals surface area contributed by atoms with Crippen molar-refractivity contribution in [3.8, 4) is 0 Å². The van der Waals surface area contributed by atoms with E-state index in [1.54, 1.807) is 0 Å². The number of azide groups is 1. The topological polar surface area (TPSA) is 89.2 Å². The third kappa shape index (κ3) is 5.70. The number of hydrogen-bond donors (Lipinski definition) is 2. The number of rotatable bonds is 6. The second-order valence-electron chi connectivity index (χ2n) is 3.88. The van der Waals surface area contributed by atoms with E-state index in [1.807, 2.05) is 0 Å². The van der Waals surface area contributed by atoms with Crippen molar-refractivity contribution in [2.45, 2.75) is 29.0 Å². The molecular weight excluding hydrogens is 295 g/mol. The van der Waals surface area contributed by atoms with Crippen molar-refractivity contribution in [1.29, 1.82) is 0 Å². The minimum absolute atomic E-state index is 0.00822. The molecule has 2 N–H and O–H groups in total. The van der Waals surface area contributed by atoms with Crippen LogP contribution in [0, 0.1) is 0 Å². The van der Waals surface area contributed by atoms with Crippen molar-refractivity contribution in [3.63, 3.8) is 0 Å². The zero-order chi connectivity index (χ0) is 15.2. The van der Waals surface area contributed by atoms with Gasteiger partial charge in [-0.15, -0.1) is 0 Å². The lowest BCUT2D eigenvalue weighted by molar-refractivity contribution is -0.0328. The Morgan fingerprint density at radius 3 is 2.65 bits per heavy atom. The average molecular weight is 307 g/mol. The van der Waals surface area contributed by atoms with Crippen molar-refractivity contribution in [2.24, 2.45) is 5.11 Å². The van der Waals surface area contributed by atoms with Gasteiger partial charge in [-0.3, -0.25) is 0 Å². The third-order valence-corrected chi connectivity index (χ3v) is 3.11. The van der Waals surface area contributed by atoms with Crippen molar-refractivity contribution >= 4 is 11.8 Å². The summed E-state index contributed by atoms with van der Waals surface area (Å²) in [6.07, 6.45) is -2.54. The number of aliphatic hydroxyl groups is 2. The minimum atomic E-state index is -4.41. The molecule has 1 rings (SSSR count). The molecule has 0 aliphatic rings. The van der Waals surface area contributed by atoms with Gasteiger partial charge >= 0.3 is 5.51 Å². The Kier molecular flexibility index (Phi) is 6.15. The fourth-order valence-electron chi connectivity index (χ4n) is 1.51. The fourth-order valence-corrected chi connectivity index (χ4v) is 2.12. The first kappa shape index (κ1) is 16.6. The molecule has 2 atom stereocenters. The summed E-state index contributed by atoms with van der Waals surface area (Å²) in [4.78, 5) is 2.43. The van der Waals surface area contributed by atoms with Crippen molar-refractivity contribution < 1.29 is 23.4 Å². The van der Waals surface area contributed by atoms with Crippen LogP contribution in [0.15, 0.2) is 34.3 Å². The summed E-state index contributed by atoms with van der Waals surface area (Å²) < 4.78 is 36.7. The van der Waals surface area contributed by atoms with Crippen LogP contribution in [0.4, 0.5) is 13.2 Å². The van der Waals surface area contributed by atoms with Gasteiger partial charge < -0.3 is 10.2 Å². The first-order chi connectivity index (χ1) is 9.33. The van der Waals surface area contributed by atoms with Gasteiger partial charge in [0.05, 0.1) is 6.10 Å². The lowest BCUT2D eigenvalue weighted by atomic mass is 10.0. The summed E-state index contributed by atoms with van der Waals surface area (Å²) in [5, 5.41) is 22.7. The first-order valence-corrected chi connectivity index (χ1v) is 6.38. The number of benzene rings is 1. The van der Waals surface area contributed by atoms with Crippen molar-refractivity contribution in [3.05, 3.63) is 40.3 Å². The van der Waals surface area contributed by atoms with E-state index in [0.29, 0.717) is 0 Å². The van der Waals surface area contributed by atoms with E-state index in [1.165, 1.54) is 24.3 Å². The molecule has 0 bridgehead atoms. The summed E-state index contributed by atoms with van der Waals surface area (Å²) in [5.74, 6) is 0. The molecule has 0 aliphatic carbocycles. The SMILES string of the molecule is [N-]=[N+]=NCCC(O)C(O)c1cccc(SC(F)(F)F)c1. The van der Waals surface area contributed by atoms with E-state index in [0.717, 1.165) is 0 Å². The number of hydrogen-bond acceptors (Lipinski definition) is 4. The van der Waals surface area contributed by atoms with Crippen LogP contribution in [-0.2, 0) is 0 Å². The van der Waals surface area contributed by atoms with Gasteiger partial charge in [-0.05, 0) is 41.4 Å². The Bertz CT molecular complexity index is 492. The molecule has 0 amide bonds. The molecule has 110 valence electrons. The summed E-state index contributed by atoms with van der Waals surface area (Å²) in [5.41, 5.74) is 3.85. The maximum Gasteiger partial charge on any atom is 0.446 e. The molecule has 2 unspecified atom stereocenters. The van der Waals surface area contributed by atoms with E-state index in [4.69, 9.17) is 5.53 Å². The number of alkyl halides is 3. The van der Waals surface area contributed by atoms with E-state index >= 15 is 0 Å². The second-order valence-corrected chi connectivity index (χ2v) is 5.01. The van der Waals surface area contributed by atoms with Crippen molar-refractivity contribution in [1.82, 2.24) is 0 Å². The molecule has 5 nitrogen and oxygen atoms in total. The lowest BCUT2D eigenvalue weighted by Crippen LogP contribution is -2.19. The van der Waals surface area contributed by atoms with Crippen LogP contribution >= 0.6 is 11.8 Å². The standard InChI is InChI=1S/C11H12F3N3O2S/c12-11(13,14)20-8-3-1-2-7(6-8)10(19)9(18)4-5-16-17-15/h1-3,6,9-10,18-19H,4-5H2. The highest BCUT2D eigenvalue weighted by atomic mass is 32.2. The van der Waals surface area contributed by atoms with Crippen LogP contribution in [-0.4, -0.2) is 28.4 Å². The average Bonchev–Trinajstić information content (AvgIpc) is 2.36. The van der Waals surface area contributed by atoms with Gasteiger partial charge in [0.2, 0.25) is 0 Å². The van der Waals surface area contributed by atoms with Gasteiger partial charge in [0.1, 0.15) is 6.10 Å². The van der Waals surface area contributed by atoms with Crippen molar-refractivity contribution in [2.75, 3.05) is 6.54 Å². The van der Waals surface area contributed by atoms with Crippen LogP contribution in [0.25, 0.3) is 10.4 Å². The van der Waals surface area contributed by atoms with Gasteiger partial charge in [0, 0.05) is 16.4 Å². The molecule has 1 aromatic carbocycles. The molecule has 0 aromatic heterocycles. The quantitative estimate of drug-likeness (QED) is 0.365. The predicted octanol–water partition coefficient (Wildman–Crippen LogP) is 3.39. The second kappa shape index (κ2) is 7.39. The third-order valence-electron chi connectivity index (χ3n) is 2.39. The highest BCUT2D eigenvalue weighted by molar-refractivity contribution is 8.00. The Morgan fingerprint density at radius 2 is 2.05 bits per heavy atom. The molecule has 0 spiro atoms.